The van der Waals surface area contributed by atoms with Crippen LogP contribution in [0.15, 0.2) is 45.8 Å². The van der Waals surface area contributed by atoms with Gasteiger partial charge in [0.25, 0.3) is 0 Å². The number of benzene rings is 2. The van der Waals surface area contributed by atoms with Crippen molar-refractivity contribution in [2.75, 3.05) is 5.73 Å². The lowest BCUT2D eigenvalue weighted by Crippen LogP contribution is -2.06. The molecule has 0 fully saturated rings. The summed E-state index contributed by atoms with van der Waals surface area (Å²) >= 11 is 3.21. The van der Waals surface area contributed by atoms with Crippen molar-refractivity contribution in [3.05, 3.63) is 58.1 Å². The average Bonchev–Trinajstić information content (AvgIpc) is 2.37. The molecule has 0 saturated carbocycles. The number of nitrogens with two attached hydrogens (primary N) is 1. The molecule has 0 atom stereocenters. The highest BCUT2D eigenvalue weighted by molar-refractivity contribution is 9.10. The van der Waals surface area contributed by atoms with Crippen LogP contribution in [-0.2, 0) is 15.6 Å². The van der Waals surface area contributed by atoms with Gasteiger partial charge in [0.05, 0.1) is 10.6 Å². The lowest BCUT2D eigenvalue weighted by Gasteiger charge is -2.07. The van der Waals surface area contributed by atoms with Gasteiger partial charge in [0, 0.05) is 10.2 Å². The number of nitrogen functional groups attached to an aromatic ring is 1. The zero-order valence-electron chi connectivity index (χ0n) is 10.1. The van der Waals surface area contributed by atoms with E-state index in [0.717, 1.165) is 12.1 Å². The van der Waals surface area contributed by atoms with Crippen LogP contribution in [0.2, 0.25) is 0 Å². The second kappa shape index (κ2) is 5.49. The number of anilines is 1. The summed E-state index contributed by atoms with van der Waals surface area (Å²) in [6.45, 7) is 0. The Morgan fingerprint density at radius 2 is 1.75 bits per heavy atom. The molecule has 0 saturated heterocycles. The molecule has 2 aromatic rings. The Labute approximate surface area is 123 Å². The molecule has 0 aliphatic carbocycles. The molecule has 0 aliphatic rings. The van der Waals surface area contributed by atoms with Gasteiger partial charge in [-0.15, -0.1) is 0 Å². The van der Waals surface area contributed by atoms with E-state index in [4.69, 9.17) is 5.73 Å². The summed E-state index contributed by atoms with van der Waals surface area (Å²) in [4.78, 5) is -0.266. The summed E-state index contributed by atoms with van der Waals surface area (Å²) in [6.07, 6.45) is 0. The van der Waals surface area contributed by atoms with Gasteiger partial charge >= 0.3 is 0 Å². The minimum Gasteiger partial charge on any atom is -0.398 e. The van der Waals surface area contributed by atoms with Crippen LogP contribution < -0.4 is 5.73 Å². The maximum atomic E-state index is 13.1. The normalized spacial score (nSPS) is 11.6. The molecule has 0 radical (unpaired) electrons. The Hall–Kier alpha value is -1.47. The molecule has 0 amide bonds. The zero-order valence-corrected chi connectivity index (χ0v) is 12.5. The van der Waals surface area contributed by atoms with Crippen molar-refractivity contribution in [3.63, 3.8) is 0 Å². The maximum Gasteiger partial charge on any atom is 0.182 e. The fourth-order valence-corrected chi connectivity index (χ4v) is 3.25. The smallest absolute Gasteiger partial charge is 0.182 e. The predicted octanol–water partition coefficient (Wildman–Crippen LogP) is 3.28. The summed E-state index contributed by atoms with van der Waals surface area (Å²) < 4.78 is 50.8. The lowest BCUT2D eigenvalue weighted by atomic mass is 10.2. The number of hydrogen-bond acceptors (Lipinski definition) is 3. The van der Waals surface area contributed by atoms with Gasteiger partial charge in [-0.1, -0.05) is 6.07 Å². The maximum absolute atomic E-state index is 13.1. The molecule has 0 spiro atoms. The van der Waals surface area contributed by atoms with E-state index < -0.39 is 21.5 Å². The molecule has 0 unspecified atom stereocenters. The van der Waals surface area contributed by atoms with Crippen LogP contribution in [0.25, 0.3) is 0 Å². The summed E-state index contributed by atoms with van der Waals surface area (Å²) in [5.41, 5.74) is 6.54. The molecule has 2 N–H and O–H groups in total. The highest BCUT2D eigenvalue weighted by atomic mass is 79.9. The third-order valence-electron chi connectivity index (χ3n) is 2.67. The lowest BCUT2D eigenvalue weighted by molar-refractivity contribution is 0.504. The Morgan fingerprint density at radius 3 is 2.35 bits per heavy atom. The molecule has 0 aromatic heterocycles. The van der Waals surface area contributed by atoms with Crippen LogP contribution in [0, 0.1) is 11.6 Å². The highest BCUT2D eigenvalue weighted by Crippen LogP contribution is 2.24. The monoisotopic (exact) mass is 361 g/mol. The SMILES string of the molecule is Nc1cc(CS(=O)(=O)c2ccc(F)c(F)c2)ccc1Br. The van der Waals surface area contributed by atoms with Crippen molar-refractivity contribution in [3.8, 4) is 0 Å². The number of sulfone groups is 1. The zero-order chi connectivity index (χ0) is 14.9. The van der Waals surface area contributed by atoms with Gasteiger partial charge in [-0.2, -0.15) is 0 Å². The molecular formula is C13H10BrF2NO2S. The molecule has 20 heavy (non-hydrogen) atoms. The molecule has 7 heteroatoms. The molecule has 0 heterocycles. The van der Waals surface area contributed by atoms with Crippen molar-refractivity contribution in [2.45, 2.75) is 10.6 Å². The first-order chi connectivity index (χ1) is 9.29. The van der Waals surface area contributed by atoms with Crippen LogP contribution in [0.3, 0.4) is 0 Å². The van der Waals surface area contributed by atoms with Gasteiger partial charge in [-0.05, 0) is 51.8 Å². The topological polar surface area (TPSA) is 60.2 Å². The van der Waals surface area contributed by atoms with Crippen molar-refractivity contribution >= 4 is 31.5 Å². The van der Waals surface area contributed by atoms with Gasteiger partial charge in [-0.3, -0.25) is 0 Å². The van der Waals surface area contributed by atoms with Crippen LogP contribution in [0.5, 0.6) is 0 Å². The predicted molar refractivity (Wildman–Crippen MR) is 75.8 cm³/mol. The molecule has 0 bridgehead atoms. The highest BCUT2D eigenvalue weighted by Gasteiger charge is 2.18. The first kappa shape index (κ1) is 14.9. The van der Waals surface area contributed by atoms with Crippen LogP contribution >= 0.6 is 15.9 Å². The Kier molecular flexibility index (Phi) is 4.10. The number of halogens is 3. The second-order valence-corrected chi connectivity index (χ2v) is 7.03. The van der Waals surface area contributed by atoms with Gasteiger partial charge in [0.15, 0.2) is 21.5 Å². The summed E-state index contributed by atoms with van der Waals surface area (Å²) in [5.74, 6) is -2.62. The molecule has 0 aliphatic heterocycles. The van der Waals surface area contributed by atoms with Gasteiger partial charge in [0.2, 0.25) is 0 Å². The van der Waals surface area contributed by atoms with E-state index in [1.165, 1.54) is 6.07 Å². The fourth-order valence-electron chi connectivity index (χ4n) is 1.66. The molecule has 106 valence electrons. The first-order valence-electron chi connectivity index (χ1n) is 5.51. The molecular weight excluding hydrogens is 352 g/mol. The Balaban J connectivity index is 2.35. The van der Waals surface area contributed by atoms with Crippen molar-refractivity contribution in [1.29, 1.82) is 0 Å². The van der Waals surface area contributed by atoms with E-state index in [0.29, 0.717) is 21.8 Å². The van der Waals surface area contributed by atoms with Crippen molar-refractivity contribution in [2.24, 2.45) is 0 Å². The minimum atomic E-state index is -3.76. The molecule has 3 nitrogen and oxygen atoms in total. The van der Waals surface area contributed by atoms with E-state index in [2.05, 4.69) is 15.9 Å². The van der Waals surface area contributed by atoms with E-state index in [1.54, 1.807) is 12.1 Å². The van der Waals surface area contributed by atoms with E-state index in [1.807, 2.05) is 0 Å². The standard InChI is InChI=1S/C13H10BrF2NO2S/c14-10-3-1-8(5-13(10)17)7-20(18,19)9-2-4-11(15)12(16)6-9/h1-6H,7,17H2. The van der Waals surface area contributed by atoms with Crippen LogP contribution in [0.1, 0.15) is 5.56 Å². The Bertz CT molecular complexity index is 763. The van der Waals surface area contributed by atoms with Gasteiger partial charge in [-0.25, -0.2) is 17.2 Å². The third-order valence-corrected chi connectivity index (χ3v) is 5.07. The van der Waals surface area contributed by atoms with Gasteiger partial charge < -0.3 is 5.73 Å². The fraction of sp³-hybridized carbons (Fsp3) is 0.0769. The Morgan fingerprint density at radius 1 is 1.05 bits per heavy atom. The third kappa shape index (κ3) is 3.16. The molecule has 2 aromatic carbocycles. The van der Waals surface area contributed by atoms with E-state index >= 15 is 0 Å². The summed E-state index contributed by atoms with van der Waals surface area (Å²) in [7, 11) is -3.76. The van der Waals surface area contributed by atoms with Crippen molar-refractivity contribution in [1.82, 2.24) is 0 Å². The van der Waals surface area contributed by atoms with E-state index in [-0.39, 0.29) is 10.6 Å². The molecule has 2 rings (SSSR count). The van der Waals surface area contributed by atoms with Crippen molar-refractivity contribution < 1.29 is 17.2 Å². The second-order valence-electron chi connectivity index (χ2n) is 4.19. The number of hydrogen-bond donors (Lipinski definition) is 1. The minimum absolute atomic E-state index is 0.266. The van der Waals surface area contributed by atoms with Gasteiger partial charge in [0.1, 0.15) is 0 Å². The van der Waals surface area contributed by atoms with Crippen LogP contribution in [0.4, 0.5) is 14.5 Å². The van der Waals surface area contributed by atoms with Crippen LogP contribution in [-0.4, -0.2) is 8.42 Å². The summed E-state index contributed by atoms with van der Waals surface area (Å²) in [6, 6.07) is 7.24. The quantitative estimate of drug-likeness (QED) is 0.673. The van der Waals surface area contributed by atoms with E-state index in [9.17, 15) is 17.2 Å². The average molecular weight is 362 g/mol. The number of rotatable bonds is 3. The summed E-state index contributed by atoms with van der Waals surface area (Å²) in [5, 5.41) is 0. The first-order valence-corrected chi connectivity index (χ1v) is 7.96. The largest absolute Gasteiger partial charge is 0.398 e.